The normalized spacial score (nSPS) is 10.9. The molecule has 0 atom stereocenters. The van der Waals surface area contributed by atoms with Crippen molar-refractivity contribution in [3.63, 3.8) is 0 Å². The van der Waals surface area contributed by atoms with Gasteiger partial charge in [-0.15, -0.1) is 4.57 Å². The van der Waals surface area contributed by atoms with Crippen molar-refractivity contribution in [2.75, 3.05) is 28.4 Å². The van der Waals surface area contributed by atoms with Crippen LogP contribution in [0.25, 0.3) is 32.9 Å². The van der Waals surface area contributed by atoms with E-state index in [4.69, 9.17) is 18.9 Å². The van der Waals surface area contributed by atoms with E-state index in [0.717, 1.165) is 21.9 Å². The first-order chi connectivity index (χ1) is 17.6. The molecular weight excluding hydrogens is 454 g/mol. The molecule has 36 heavy (non-hydrogen) atoms. The van der Waals surface area contributed by atoms with Crippen molar-refractivity contribution in [2.24, 2.45) is 0 Å². The average molecular weight is 481 g/mol. The predicted molar refractivity (Wildman–Crippen MR) is 139 cm³/mol. The smallest absolute Gasteiger partial charge is 0.425 e. The standard InChI is InChI=1S/C30H26NO5/c1-33-22-15-8-13-20-26(22)29(28-24(35-3)17-10-18-25(28)36-4)27-21(14-9-16-23(27)34-2)31(20)30(32)19-11-6-5-7-12-19/h5-18H,1-4H3/q+1. The van der Waals surface area contributed by atoms with Crippen molar-refractivity contribution < 1.29 is 28.3 Å². The van der Waals surface area contributed by atoms with Crippen LogP contribution in [0.5, 0.6) is 23.0 Å². The maximum atomic E-state index is 14.0. The van der Waals surface area contributed by atoms with Crippen molar-refractivity contribution in [3.8, 4) is 34.1 Å². The molecular formula is C30H26NO5+. The molecule has 0 saturated carbocycles. The predicted octanol–water partition coefficient (Wildman–Crippen LogP) is 5.67. The molecule has 5 aromatic rings. The summed E-state index contributed by atoms with van der Waals surface area (Å²) in [5, 5.41) is 1.48. The zero-order valence-electron chi connectivity index (χ0n) is 20.6. The van der Waals surface area contributed by atoms with E-state index in [9.17, 15) is 4.79 Å². The highest BCUT2D eigenvalue weighted by Crippen LogP contribution is 2.48. The summed E-state index contributed by atoms with van der Waals surface area (Å²) in [5.74, 6) is 2.31. The highest BCUT2D eigenvalue weighted by atomic mass is 16.5. The Morgan fingerprint density at radius 2 is 0.972 bits per heavy atom. The monoisotopic (exact) mass is 480 g/mol. The Labute approximate surface area is 209 Å². The zero-order chi connectivity index (χ0) is 25.2. The number of carbonyl (C=O) groups excluding carboxylic acids is 1. The van der Waals surface area contributed by atoms with Gasteiger partial charge in [0, 0.05) is 17.7 Å². The summed E-state index contributed by atoms with van der Waals surface area (Å²) in [4.78, 5) is 14.0. The molecule has 0 unspecified atom stereocenters. The Kier molecular flexibility index (Phi) is 6.17. The van der Waals surface area contributed by atoms with Crippen LogP contribution in [0.3, 0.4) is 0 Å². The maximum absolute atomic E-state index is 14.0. The molecule has 0 aliphatic rings. The van der Waals surface area contributed by atoms with Gasteiger partial charge in [0.25, 0.3) is 0 Å². The highest BCUT2D eigenvalue weighted by Gasteiger charge is 2.33. The van der Waals surface area contributed by atoms with Gasteiger partial charge in [-0.05, 0) is 36.4 Å². The first-order valence-electron chi connectivity index (χ1n) is 11.5. The van der Waals surface area contributed by atoms with Crippen molar-refractivity contribution in [1.29, 1.82) is 0 Å². The SMILES string of the molecule is COc1cccc(OC)c1-c1c2c(OC)cccc2[n+](C(=O)c2ccccc2)c2cccc(OC)c12. The molecule has 0 radical (unpaired) electrons. The summed E-state index contributed by atoms with van der Waals surface area (Å²) in [7, 11) is 6.49. The van der Waals surface area contributed by atoms with E-state index < -0.39 is 0 Å². The first kappa shape index (κ1) is 23.2. The van der Waals surface area contributed by atoms with Crippen LogP contribution in [-0.4, -0.2) is 34.3 Å². The number of nitrogens with zero attached hydrogens (tertiary/aromatic N) is 1. The van der Waals surface area contributed by atoms with Crippen molar-refractivity contribution in [3.05, 3.63) is 90.5 Å². The van der Waals surface area contributed by atoms with Crippen molar-refractivity contribution in [1.82, 2.24) is 0 Å². The van der Waals surface area contributed by atoms with E-state index >= 15 is 0 Å². The van der Waals surface area contributed by atoms with Crippen LogP contribution in [0.2, 0.25) is 0 Å². The molecule has 180 valence electrons. The van der Waals surface area contributed by atoms with Crippen LogP contribution in [-0.2, 0) is 0 Å². The number of fused-ring (bicyclic) bond motifs is 2. The molecule has 0 amide bonds. The summed E-state index contributed by atoms with van der Waals surface area (Å²) in [6.07, 6.45) is 0. The fourth-order valence-corrected chi connectivity index (χ4v) is 4.79. The summed E-state index contributed by atoms with van der Waals surface area (Å²) in [6, 6.07) is 26.2. The minimum Gasteiger partial charge on any atom is -0.496 e. The van der Waals surface area contributed by atoms with E-state index in [1.54, 1.807) is 33.0 Å². The molecule has 6 nitrogen and oxygen atoms in total. The van der Waals surface area contributed by atoms with Crippen molar-refractivity contribution >= 4 is 27.7 Å². The lowest BCUT2D eigenvalue weighted by atomic mass is 9.92. The number of benzene rings is 4. The number of aromatic nitrogens is 1. The fraction of sp³-hybridized carbons (Fsp3) is 0.133. The summed E-state index contributed by atoms with van der Waals surface area (Å²) in [5.41, 5.74) is 3.48. The van der Waals surface area contributed by atoms with E-state index in [2.05, 4.69) is 0 Å². The minimum absolute atomic E-state index is 0.161. The lowest BCUT2D eigenvalue weighted by Gasteiger charge is -2.19. The number of rotatable bonds is 6. The zero-order valence-corrected chi connectivity index (χ0v) is 20.6. The Morgan fingerprint density at radius 3 is 1.44 bits per heavy atom. The quantitative estimate of drug-likeness (QED) is 0.232. The molecule has 0 fully saturated rings. The lowest BCUT2D eigenvalue weighted by Crippen LogP contribution is -2.44. The number of carbonyl (C=O) groups is 1. The maximum Gasteiger partial charge on any atom is 0.425 e. The van der Waals surface area contributed by atoms with Gasteiger partial charge in [0.15, 0.2) is 0 Å². The summed E-state index contributed by atoms with van der Waals surface area (Å²) in [6.45, 7) is 0. The highest BCUT2D eigenvalue weighted by molar-refractivity contribution is 6.15. The topological polar surface area (TPSA) is 57.9 Å². The van der Waals surface area contributed by atoms with Gasteiger partial charge in [0.1, 0.15) is 23.0 Å². The fourth-order valence-electron chi connectivity index (χ4n) is 4.79. The van der Waals surface area contributed by atoms with E-state index in [1.807, 2.05) is 84.9 Å². The lowest BCUT2D eigenvalue weighted by molar-refractivity contribution is -0.513. The Balaban J connectivity index is 2.08. The second kappa shape index (κ2) is 9.58. The molecule has 0 aliphatic heterocycles. The van der Waals surface area contributed by atoms with E-state index in [1.165, 1.54) is 0 Å². The van der Waals surface area contributed by atoms with Gasteiger partial charge in [-0.3, -0.25) is 0 Å². The van der Waals surface area contributed by atoms with Crippen molar-refractivity contribution in [2.45, 2.75) is 0 Å². The molecule has 1 aromatic heterocycles. The van der Waals surface area contributed by atoms with Crippen LogP contribution in [0.1, 0.15) is 10.4 Å². The number of hydrogen-bond donors (Lipinski definition) is 0. The number of pyridine rings is 1. The van der Waals surface area contributed by atoms with Gasteiger partial charge >= 0.3 is 5.91 Å². The molecule has 4 aromatic carbocycles. The van der Waals surface area contributed by atoms with Crippen LogP contribution in [0.4, 0.5) is 0 Å². The van der Waals surface area contributed by atoms with Crippen LogP contribution < -0.4 is 23.5 Å². The Morgan fingerprint density at radius 1 is 0.528 bits per heavy atom. The largest absolute Gasteiger partial charge is 0.496 e. The second-order valence-electron chi connectivity index (χ2n) is 8.13. The summed E-state index contributed by atoms with van der Waals surface area (Å²) >= 11 is 0. The molecule has 5 rings (SSSR count). The van der Waals surface area contributed by atoms with Crippen LogP contribution >= 0.6 is 0 Å². The Hall–Kier alpha value is -4.58. The Bertz CT molecular complexity index is 1510. The number of methoxy groups -OCH3 is 4. The third-order valence-electron chi connectivity index (χ3n) is 6.33. The summed E-state index contributed by atoms with van der Waals surface area (Å²) < 4.78 is 25.0. The van der Waals surface area contributed by atoms with Gasteiger partial charge in [0.05, 0.1) is 50.3 Å². The number of ether oxygens (including phenoxy) is 4. The molecule has 0 aliphatic carbocycles. The van der Waals surface area contributed by atoms with Gasteiger partial charge in [-0.1, -0.05) is 36.4 Å². The third kappa shape index (κ3) is 3.58. The van der Waals surface area contributed by atoms with Crippen LogP contribution in [0.15, 0.2) is 84.9 Å². The molecule has 6 heteroatoms. The molecule has 0 spiro atoms. The molecule has 1 heterocycles. The van der Waals surface area contributed by atoms with Crippen LogP contribution in [0, 0.1) is 0 Å². The van der Waals surface area contributed by atoms with E-state index in [-0.39, 0.29) is 5.91 Å². The van der Waals surface area contributed by atoms with Gasteiger partial charge < -0.3 is 18.9 Å². The van der Waals surface area contributed by atoms with Gasteiger partial charge in [-0.2, -0.15) is 0 Å². The van der Waals surface area contributed by atoms with E-state index in [0.29, 0.717) is 39.6 Å². The molecule has 0 N–H and O–H groups in total. The van der Waals surface area contributed by atoms with Gasteiger partial charge in [-0.25, -0.2) is 4.79 Å². The first-order valence-corrected chi connectivity index (χ1v) is 11.5. The number of hydrogen-bond acceptors (Lipinski definition) is 5. The molecule has 0 saturated heterocycles. The average Bonchev–Trinajstić information content (AvgIpc) is 2.94. The van der Waals surface area contributed by atoms with Gasteiger partial charge in [0.2, 0.25) is 11.0 Å². The minimum atomic E-state index is -0.161. The molecule has 0 bridgehead atoms. The second-order valence-corrected chi connectivity index (χ2v) is 8.13. The third-order valence-corrected chi connectivity index (χ3v) is 6.33.